The van der Waals surface area contributed by atoms with Crippen molar-refractivity contribution in [3.8, 4) is 0 Å². The molecule has 25 heavy (non-hydrogen) atoms. The Morgan fingerprint density at radius 2 is 1.48 bits per heavy atom. The molecular weight excluding hydrogens is 312 g/mol. The molecule has 3 nitrogen and oxygen atoms in total. The Balaban J connectivity index is 2.66. The van der Waals surface area contributed by atoms with E-state index in [4.69, 9.17) is 4.74 Å². The molecule has 1 saturated carbocycles. The number of Topliss-reactive ketones (excluding diaryl/α,β-unsaturated/α-hetero) is 1. The monoisotopic (exact) mass is 346 g/mol. The molecule has 0 bridgehead atoms. The number of allylic oxidation sites excluding steroid dienone is 4. The highest BCUT2D eigenvalue weighted by Gasteiger charge is 2.58. The standard InChI is InChI=1S/C22H34O3/c1-9-25-18(24)22(11-10-12-22)21(8)13-15(19(2,3)4)17(23)16(14-21)20(5,6)7/h13-14H,9-12H2,1-8H3. The Hall–Kier alpha value is -1.38. The van der Waals surface area contributed by atoms with Crippen LogP contribution in [0.2, 0.25) is 0 Å². The van der Waals surface area contributed by atoms with E-state index in [1.807, 2.05) is 6.92 Å². The van der Waals surface area contributed by atoms with Gasteiger partial charge in [-0.25, -0.2) is 0 Å². The van der Waals surface area contributed by atoms with E-state index in [-0.39, 0.29) is 22.6 Å². The van der Waals surface area contributed by atoms with Gasteiger partial charge in [-0.3, -0.25) is 9.59 Å². The van der Waals surface area contributed by atoms with Crippen molar-refractivity contribution in [2.45, 2.75) is 74.7 Å². The normalized spacial score (nSPS) is 22.6. The first-order valence-electron chi connectivity index (χ1n) is 9.47. The first-order chi connectivity index (χ1) is 11.3. The second-order valence-corrected chi connectivity index (χ2v) is 9.88. The molecule has 0 unspecified atom stereocenters. The van der Waals surface area contributed by atoms with Crippen LogP contribution >= 0.6 is 0 Å². The third-order valence-electron chi connectivity index (χ3n) is 5.90. The molecule has 0 N–H and O–H groups in total. The highest BCUT2D eigenvalue weighted by Crippen LogP contribution is 2.59. The Morgan fingerprint density at radius 1 is 1.04 bits per heavy atom. The molecule has 2 aliphatic carbocycles. The van der Waals surface area contributed by atoms with Crippen molar-refractivity contribution < 1.29 is 14.3 Å². The second-order valence-electron chi connectivity index (χ2n) is 9.88. The fourth-order valence-electron chi connectivity index (χ4n) is 4.07. The van der Waals surface area contributed by atoms with Gasteiger partial charge in [-0.05, 0) is 30.6 Å². The van der Waals surface area contributed by atoms with Crippen LogP contribution in [0.15, 0.2) is 23.3 Å². The summed E-state index contributed by atoms with van der Waals surface area (Å²) in [5.74, 6) is 0.00271. The van der Waals surface area contributed by atoms with Crippen LogP contribution in [0.4, 0.5) is 0 Å². The van der Waals surface area contributed by atoms with E-state index >= 15 is 0 Å². The van der Waals surface area contributed by atoms with Gasteiger partial charge in [0, 0.05) is 16.6 Å². The van der Waals surface area contributed by atoms with Crippen molar-refractivity contribution in [1.82, 2.24) is 0 Å². The van der Waals surface area contributed by atoms with Crippen molar-refractivity contribution in [1.29, 1.82) is 0 Å². The highest BCUT2D eigenvalue weighted by atomic mass is 16.5. The summed E-state index contributed by atoms with van der Waals surface area (Å²) in [6.45, 7) is 16.8. The molecule has 1 fully saturated rings. The fraction of sp³-hybridized carbons (Fsp3) is 0.727. The SMILES string of the molecule is CCOC(=O)C1(C2(C)C=C(C(C)(C)C)C(=O)C(C(C)(C)C)=C2)CCC1. The highest BCUT2D eigenvalue weighted by molar-refractivity contribution is 6.11. The lowest BCUT2D eigenvalue weighted by Crippen LogP contribution is -2.52. The Morgan fingerprint density at radius 3 is 1.76 bits per heavy atom. The van der Waals surface area contributed by atoms with Gasteiger partial charge in [0.1, 0.15) is 0 Å². The average molecular weight is 347 g/mol. The first kappa shape index (κ1) is 19.9. The Bertz CT molecular complexity index is 597. The Labute approximate surface area is 152 Å². The average Bonchev–Trinajstić information content (AvgIpc) is 2.37. The molecule has 0 saturated heterocycles. The van der Waals surface area contributed by atoms with Crippen molar-refractivity contribution in [3.05, 3.63) is 23.3 Å². The predicted molar refractivity (Wildman–Crippen MR) is 101 cm³/mol. The molecule has 2 rings (SSSR count). The maximum absolute atomic E-state index is 13.2. The van der Waals surface area contributed by atoms with E-state index < -0.39 is 10.8 Å². The maximum Gasteiger partial charge on any atom is 0.313 e. The number of hydrogen-bond acceptors (Lipinski definition) is 3. The number of ether oxygens (including phenoxy) is 1. The minimum absolute atomic E-state index is 0.118. The molecule has 0 heterocycles. The van der Waals surface area contributed by atoms with Gasteiger partial charge in [-0.15, -0.1) is 0 Å². The lowest BCUT2D eigenvalue weighted by atomic mass is 9.50. The summed E-state index contributed by atoms with van der Waals surface area (Å²) in [7, 11) is 0. The minimum Gasteiger partial charge on any atom is -0.466 e. The van der Waals surface area contributed by atoms with Crippen LogP contribution in [0, 0.1) is 21.7 Å². The molecule has 0 spiro atoms. The summed E-state index contributed by atoms with van der Waals surface area (Å²) < 4.78 is 5.45. The largest absolute Gasteiger partial charge is 0.466 e. The van der Waals surface area contributed by atoms with Crippen LogP contribution in [0.1, 0.15) is 74.7 Å². The van der Waals surface area contributed by atoms with Crippen LogP contribution in [-0.4, -0.2) is 18.4 Å². The predicted octanol–water partition coefficient (Wildman–Crippen LogP) is 5.25. The molecule has 3 heteroatoms. The minimum atomic E-state index is -0.545. The molecule has 0 amide bonds. The summed E-state index contributed by atoms with van der Waals surface area (Å²) in [5, 5.41) is 0. The van der Waals surface area contributed by atoms with Crippen LogP contribution in [0.5, 0.6) is 0 Å². The molecule has 140 valence electrons. The second kappa shape index (κ2) is 6.10. The van der Waals surface area contributed by atoms with E-state index in [0.29, 0.717) is 6.61 Å². The van der Waals surface area contributed by atoms with Crippen molar-refractivity contribution in [2.24, 2.45) is 21.7 Å². The van der Waals surface area contributed by atoms with Crippen LogP contribution in [-0.2, 0) is 14.3 Å². The van der Waals surface area contributed by atoms with Gasteiger partial charge < -0.3 is 4.74 Å². The smallest absolute Gasteiger partial charge is 0.313 e. The van der Waals surface area contributed by atoms with Gasteiger partial charge in [0.2, 0.25) is 0 Å². The number of ketones is 1. The fourth-order valence-corrected chi connectivity index (χ4v) is 4.07. The van der Waals surface area contributed by atoms with E-state index in [2.05, 4.69) is 60.6 Å². The topological polar surface area (TPSA) is 43.4 Å². The van der Waals surface area contributed by atoms with E-state index in [1.54, 1.807) is 0 Å². The van der Waals surface area contributed by atoms with Crippen LogP contribution < -0.4 is 0 Å². The van der Waals surface area contributed by atoms with Gasteiger partial charge >= 0.3 is 5.97 Å². The summed E-state index contributed by atoms with van der Waals surface area (Å²) in [6, 6.07) is 0. The summed E-state index contributed by atoms with van der Waals surface area (Å²) in [5.41, 5.74) is 0.0784. The van der Waals surface area contributed by atoms with Gasteiger partial charge in [-0.1, -0.05) is 67.0 Å². The third-order valence-corrected chi connectivity index (χ3v) is 5.90. The molecule has 0 aromatic rings. The van der Waals surface area contributed by atoms with Crippen molar-refractivity contribution >= 4 is 11.8 Å². The first-order valence-corrected chi connectivity index (χ1v) is 9.47. The number of carbonyl (C=O) groups excluding carboxylic acids is 2. The van der Waals surface area contributed by atoms with Gasteiger partial charge in [0.25, 0.3) is 0 Å². The molecule has 0 aliphatic heterocycles. The van der Waals surface area contributed by atoms with Gasteiger partial charge in [0.15, 0.2) is 5.78 Å². The molecular formula is C22H34O3. The number of carbonyl (C=O) groups is 2. The summed E-state index contributed by atoms with van der Waals surface area (Å²) >= 11 is 0. The number of hydrogen-bond donors (Lipinski definition) is 0. The van der Waals surface area contributed by atoms with Crippen LogP contribution in [0.3, 0.4) is 0 Å². The van der Waals surface area contributed by atoms with Crippen LogP contribution in [0.25, 0.3) is 0 Å². The Kier molecular flexibility index (Phi) is 4.87. The molecule has 0 atom stereocenters. The molecule has 0 aromatic heterocycles. The quantitative estimate of drug-likeness (QED) is 0.655. The summed E-state index contributed by atoms with van der Waals surface area (Å²) in [6.07, 6.45) is 6.80. The molecule has 2 aliphatic rings. The van der Waals surface area contributed by atoms with Gasteiger partial charge in [-0.2, -0.15) is 0 Å². The number of rotatable bonds is 3. The lowest BCUT2D eigenvalue weighted by Gasteiger charge is -2.52. The van der Waals surface area contributed by atoms with Gasteiger partial charge in [0.05, 0.1) is 12.0 Å². The molecule has 0 aromatic carbocycles. The maximum atomic E-state index is 13.2. The van der Waals surface area contributed by atoms with E-state index in [9.17, 15) is 9.59 Å². The molecule has 0 radical (unpaired) electrons. The zero-order valence-corrected chi connectivity index (χ0v) is 17.2. The third kappa shape index (κ3) is 3.22. The number of esters is 1. The lowest BCUT2D eigenvalue weighted by molar-refractivity contribution is -0.168. The van der Waals surface area contributed by atoms with E-state index in [1.165, 1.54) is 0 Å². The van der Waals surface area contributed by atoms with Crippen molar-refractivity contribution in [2.75, 3.05) is 6.61 Å². The van der Waals surface area contributed by atoms with E-state index in [0.717, 1.165) is 30.4 Å². The zero-order valence-electron chi connectivity index (χ0n) is 17.2. The zero-order chi connectivity index (χ0) is 19.3. The summed E-state index contributed by atoms with van der Waals surface area (Å²) in [4.78, 5) is 26.1. The van der Waals surface area contributed by atoms with Crippen molar-refractivity contribution in [3.63, 3.8) is 0 Å².